The summed E-state index contributed by atoms with van der Waals surface area (Å²) >= 11 is 0. The average molecular weight is 331 g/mol. The van der Waals surface area contributed by atoms with E-state index in [1.54, 1.807) is 0 Å². The maximum absolute atomic E-state index is 5.05. The maximum Gasteiger partial charge on any atom is 0.0788 e. The van der Waals surface area contributed by atoms with Gasteiger partial charge in [-0.15, -0.1) is 0 Å². The summed E-state index contributed by atoms with van der Waals surface area (Å²) in [7, 11) is 0. The molecule has 0 atom stereocenters. The highest BCUT2D eigenvalue weighted by molar-refractivity contribution is 6.05. The van der Waals surface area contributed by atoms with Crippen LogP contribution in [0.15, 0.2) is 103 Å². The minimum Gasteiger partial charge on any atom is -0.247 e. The van der Waals surface area contributed by atoms with E-state index in [9.17, 15) is 0 Å². The molecule has 0 unspecified atom stereocenters. The van der Waals surface area contributed by atoms with E-state index in [0.29, 0.717) is 0 Å². The zero-order valence-corrected chi connectivity index (χ0v) is 14.3. The fourth-order valence-electron chi connectivity index (χ4n) is 3.52. The highest BCUT2D eigenvalue weighted by Crippen LogP contribution is 2.33. The SMILES string of the molecule is c1ccc(-c2cc3cc4ccccc4cc3c(-c3ccccc3)n2)cc1. The van der Waals surface area contributed by atoms with Crippen molar-refractivity contribution >= 4 is 21.5 Å². The van der Waals surface area contributed by atoms with Crippen LogP contribution in [0, 0.1) is 0 Å². The van der Waals surface area contributed by atoms with E-state index in [2.05, 4.69) is 91.0 Å². The van der Waals surface area contributed by atoms with Gasteiger partial charge in [-0.25, -0.2) is 4.98 Å². The Balaban J connectivity index is 1.88. The molecule has 0 saturated carbocycles. The number of fused-ring (bicyclic) bond motifs is 2. The lowest BCUT2D eigenvalue weighted by atomic mass is 9.98. The second-order valence-electron chi connectivity index (χ2n) is 6.51. The van der Waals surface area contributed by atoms with Gasteiger partial charge >= 0.3 is 0 Å². The van der Waals surface area contributed by atoms with Gasteiger partial charge in [0.05, 0.1) is 11.4 Å². The first kappa shape index (κ1) is 14.9. The van der Waals surface area contributed by atoms with Gasteiger partial charge in [0.15, 0.2) is 0 Å². The van der Waals surface area contributed by atoms with Gasteiger partial charge in [0.1, 0.15) is 0 Å². The van der Waals surface area contributed by atoms with Gasteiger partial charge in [0.25, 0.3) is 0 Å². The Hall–Kier alpha value is -3.45. The highest BCUT2D eigenvalue weighted by atomic mass is 14.7. The Morgan fingerprint density at radius 2 is 1.04 bits per heavy atom. The van der Waals surface area contributed by atoms with Crippen molar-refractivity contribution in [1.82, 2.24) is 4.98 Å². The van der Waals surface area contributed by atoms with Crippen LogP contribution >= 0.6 is 0 Å². The molecule has 1 heterocycles. The van der Waals surface area contributed by atoms with Crippen LogP contribution in [0.1, 0.15) is 0 Å². The molecule has 1 nitrogen and oxygen atoms in total. The highest BCUT2D eigenvalue weighted by Gasteiger charge is 2.10. The topological polar surface area (TPSA) is 12.9 Å². The molecule has 26 heavy (non-hydrogen) atoms. The maximum atomic E-state index is 5.05. The van der Waals surface area contributed by atoms with Crippen LogP contribution in [0.4, 0.5) is 0 Å². The molecule has 0 radical (unpaired) electrons. The van der Waals surface area contributed by atoms with Gasteiger partial charge in [-0.3, -0.25) is 0 Å². The third kappa shape index (κ3) is 2.55. The Morgan fingerprint density at radius 1 is 0.462 bits per heavy atom. The van der Waals surface area contributed by atoms with Crippen molar-refractivity contribution in [1.29, 1.82) is 0 Å². The van der Waals surface area contributed by atoms with Crippen LogP contribution in [0.5, 0.6) is 0 Å². The minimum atomic E-state index is 1.01. The largest absolute Gasteiger partial charge is 0.247 e. The van der Waals surface area contributed by atoms with Crippen molar-refractivity contribution in [3.05, 3.63) is 103 Å². The molecule has 0 aliphatic heterocycles. The van der Waals surface area contributed by atoms with E-state index in [0.717, 1.165) is 22.5 Å². The van der Waals surface area contributed by atoms with Gasteiger partial charge in [-0.2, -0.15) is 0 Å². The molecule has 0 amide bonds. The average Bonchev–Trinajstić information content (AvgIpc) is 2.73. The third-order valence-electron chi connectivity index (χ3n) is 4.81. The Bertz CT molecular complexity index is 1210. The van der Waals surface area contributed by atoms with Crippen LogP contribution in [0.2, 0.25) is 0 Å². The molecule has 1 aromatic heterocycles. The van der Waals surface area contributed by atoms with E-state index in [1.165, 1.54) is 21.5 Å². The summed E-state index contributed by atoms with van der Waals surface area (Å²) in [5, 5.41) is 4.90. The molecule has 1 heteroatoms. The van der Waals surface area contributed by atoms with Crippen molar-refractivity contribution in [2.45, 2.75) is 0 Å². The second-order valence-corrected chi connectivity index (χ2v) is 6.51. The molecule has 0 aliphatic carbocycles. The van der Waals surface area contributed by atoms with Crippen molar-refractivity contribution in [3.8, 4) is 22.5 Å². The third-order valence-corrected chi connectivity index (χ3v) is 4.81. The van der Waals surface area contributed by atoms with Gasteiger partial charge < -0.3 is 0 Å². The van der Waals surface area contributed by atoms with Crippen molar-refractivity contribution in [2.24, 2.45) is 0 Å². The minimum absolute atomic E-state index is 1.01. The first-order valence-electron chi connectivity index (χ1n) is 8.83. The van der Waals surface area contributed by atoms with E-state index in [4.69, 9.17) is 4.98 Å². The molecule has 0 bridgehead atoms. The number of hydrogen-bond donors (Lipinski definition) is 0. The summed E-state index contributed by atoms with van der Waals surface area (Å²) in [5.41, 5.74) is 4.32. The number of pyridine rings is 1. The first-order chi connectivity index (χ1) is 12.9. The molecule has 0 spiro atoms. The molecule has 5 aromatic rings. The van der Waals surface area contributed by atoms with Crippen molar-refractivity contribution in [2.75, 3.05) is 0 Å². The monoisotopic (exact) mass is 331 g/mol. The molecule has 122 valence electrons. The molecule has 0 aliphatic rings. The lowest BCUT2D eigenvalue weighted by Gasteiger charge is -2.11. The molecule has 0 N–H and O–H groups in total. The lowest BCUT2D eigenvalue weighted by Crippen LogP contribution is -1.91. The summed E-state index contributed by atoms with van der Waals surface area (Å²) in [4.78, 5) is 5.05. The van der Waals surface area contributed by atoms with Gasteiger partial charge in [0.2, 0.25) is 0 Å². The lowest BCUT2D eigenvalue weighted by molar-refractivity contribution is 1.35. The molecule has 0 saturated heterocycles. The first-order valence-corrected chi connectivity index (χ1v) is 8.83. The van der Waals surface area contributed by atoms with E-state index in [-0.39, 0.29) is 0 Å². The van der Waals surface area contributed by atoms with Crippen LogP contribution in [0.3, 0.4) is 0 Å². The molecule has 5 rings (SSSR count). The van der Waals surface area contributed by atoms with Gasteiger partial charge in [0, 0.05) is 16.5 Å². The zero-order valence-electron chi connectivity index (χ0n) is 14.3. The zero-order chi connectivity index (χ0) is 17.3. The predicted molar refractivity (Wildman–Crippen MR) is 110 cm³/mol. The fourth-order valence-corrected chi connectivity index (χ4v) is 3.52. The molecule has 4 aromatic carbocycles. The van der Waals surface area contributed by atoms with Gasteiger partial charge in [-0.1, -0.05) is 84.9 Å². The second kappa shape index (κ2) is 6.12. The van der Waals surface area contributed by atoms with Crippen LogP contribution in [0.25, 0.3) is 44.1 Å². The number of aromatic nitrogens is 1. The summed E-state index contributed by atoms with van der Waals surface area (Å²) in [6.07, 6.45) is 0. The van der Waals surface area contributed by atoms with Gasteiger partial charge in [-0.05, 0) is 34.4 Å². The van der Waals surface area contributed by atoms with E-state index < -0.39 is 0 Å². The number of hydrogen-bond acceptors (Lipinski definition) is 1. The van der Waals surface area contributed by atoms with Crippen molar-refractivity contribution < 1.29 is 0 Å². The van der Waals surface area contributed by atoms with Crippen LogP contribution < -0.4 is 0 Å². The summed E-state index contributed by atoms with van der Waals surface area (Å²) < 4.78 is 0. The number of nitrogens with zero attached hydrogens (tertiary/aromatic N) is 1. The predicted octanol–water partition coefficient (Wildman–Crippen LogP) is 6.72. The fraction of sp³-hybridized carbons (Fsp3) is 0. The Kier molecular flexibility index (Phi) is 3.50. The van der Waals surface area contributed by atoms with Crippen LogP contribution in [-0.4, -0.2) is 4.98 Å². The van der Waals surface area contributed by atoms with Crippen molar-refractivity contribution in [3.63, 3.8) is 0 Å². The smallest absolute Gasteiger partial charge is 0.0788 e. The van der Waals surface area contributed by atoms with E-state index in [1.807, 2.05) is 12.1 Å². The normalized spacial score (nSPS) is 11.1. The Labute approximate surface area is 152 Å². The Morgan fingerprint density at radius 3 is 1.73 bits per heavy atom. The van der Waals surface area contributed by atoms with Crippen LogP contribution in [-0.2, 0) is 0 Å². The van der Waals surface area contributed by atoms with E-state index >= 15 is 0 Å². The molecular formula is C25H17N. The number of rotatable bonds is 2. The number of benzene rings is 4. The summed E-state index contributed by atoms with van der Waals surface area (Å²) in [6.45, 7) is 0. The quantitative estimate of drug-likeness (QED) is 0.327. The summed E-state index contributed by atoms with van der Waals surface area (Å²) in [5.74, 6) is 0. The molecular weight excluding hydrogens is 314 g/mol. The standard InChI is InChI=1S/C25H17N/c1-3-9-18(10-4-1)24-17-22-15-20-13-7-8-14-21(20)16-23(22)25(26-24)19-11-5-2-6-12-19/h1-17H. The summed E-state index contributed by atoms with van der Waals surface area (Å²) in [6, 6.07) is 36.1. The molecule has 0 fully saturated rings.